The summed E-state index contributed by atoms with van der Waals surface area (Å²) in [5, 5.41) is 19.3. The number of nitrogens with two attached hydrogens (primary N) is 1. The van der Waals surface area contributed by atoms with Gasteiger partial charge < -0.3 is 36.8 Å². The summed E-state index contributed by atoms with van der Waals surface area (Å²) < 4.78 is 5.40. The van der Waals surface area contributed by atoms with Gasteiger partial charge in [0.1, 0.15) is 18.1 Å². The molecule has 0 unspecified atom stereocenters. The van der Waals surface area contributed by atoms with Gasteiger partial charge in [-0.2, -0.15) is 0 Å². The SMILES string of the molecule is CC(C)C[C@H](NC(=O)CNC(=O)[C@H](Cc1ccccc1)NC(=O)[C@H](CC(=O)O)NC(=O)OCCC1c2ccccc2-c2ccccc21)C(N)=O. The van der Waals surface area contributed by atoms with Gasteiger partial charge in [-0.15, -0.1) is 0 Å². The second kappa shape index (κ2) is 17.6. The zero-order chi connectivity index (χ0) is 36.2. The van der Waals surface area contributed by atoms with Crippen LogP contribution in [0, 0.1) is 5.92 Å². The molecule has 0 fully saturated rings. The molecule has 0 spiro atoms. The molecule has 13 nitrogen and oxygen atoms in total. The quantitative estimate of drug-likeness (QED) is 0.124. The first-order chi connectivity index (χ1) is 23.9. The van der Waals surface area contributed by atoms with Gasteiger partial charge in [0.2, 0.25) is 23.6 Å². The number of carbonyl (C=O) groups excluding carboxylic acids is 5. The van der Waals surface area contributed by atoms with Gasteiger partial charge >= 0.3 is 12.1 Å². The van der Waals surface area contributed by atoms with E-state index in [9.17, 15) is 33.9 Å². The molecule has 7 N–H and O–H groups in total. The fourth-order valence-corrected chi connectivity index (χ4v) is 5.99. The number of primary amides is 1. The van der Waals surface area contributed by atoms with Crippen LogP contribution < -0.4 is 27.0 Å². The van der Waals surface area contributed by atoms with Crippen molar-refractivity contribution in [2.45, 2.75) is 63.6 Å². The standard InChI is InChI=1S/C37H43N5O8/c1-22(2)18-29(34(38)46)40-32(43)21-39-35(47)30(19-23-10-4-3-5-11-23)41-36(48)31(20-33(44)45)42-37(49)50-17-16-28-26-14-8-6-12-24(26)25-13-7-9-15-27(25)28/h3-15,22,28-31H,16-21H2,1-2H3,(H2,38,46)(H,39,47)(H,40,43)(H,41,48)(H,42,49)(H,44,45)/t29-,30-,31-/m0/s1. The van der Waals surface area contributed by atoms with Crippen LogP contribution in [0.4, 0.5) is 4.79 Å². The summed E-state index contributed by atoms with van der Waals surface area (Å²) >= 11 is 0. The highest BCUT2D eigenvalue weighted by atomic mass is 16.5. The number of rotatable bonds is 17. The minimum absolute atomic E-state index is 0.00450. The average molecular weight is 686 g/mol. The number of amides is 5. The molecule has 3 aromatic carbocycles. The lowest BCUT2D eigenvalue weighted by atomic mass is 9.94. The van der Waals surface area contributed by atoms with Crippen LogP contribution >= 0.6 is 0 Å². The van der Waals surface area contributed by atoms with Crippen LogP contribution in [-0.2, 0) is 35.1 Å². The Labute approximate surface area is 290 Å². The van der Waals surface area contributed by atoms with Crippen LogP contribution in [0.1, 0.15) is 55.7 Å². The van der Waals surface area contributed by atoms with Crippen molar-refractivity contribution in [1.82, 2.24) is 21.3 Å². The van der Waals surface area contributed by atoms with Crippen molar-refractivity contribution in [2.75, 3.05) is 13.2 Å². The lowest BCUT2D eigenvalue weighted by Crippen LogP contribution is -2.56. The van der Waals surface area contributed by atoms with E-state index in [1.54, 1.807) is 30.3 Å². The van der Waals surface area contributed by atoms with Crippen molar-refractivity contribution >= 4 is 35.7 Å². The summed E-state index contributed by atoms with van der Waals surface area (Å²) in [6.07, 6.45) is -1.01. The number of hydrogen-bond acceptors (Lipinski definition) is 7. The van der Waals surface area contributed by atoms with Crippen molar-refractivity contribution in [3.8, 4) is 11.1 Å². The van der Waals surface area contributed by atoms with E-state index in [2.05, 4.69) is 21.3 Å². The summed E-state index contributed by atoms with van der Waals surface area (Å²) in [7, 11) is 0. The van der Waals surface area contributed by atoms with Gasteiger partial charge in [0.25, 0.3) is 0 Å². The lowest BCUT2D eigenvalue weighted by Gasteiger charge is -2.23. The largest absolute Gasteiger partial charge is 0.481 e. The first kappa shape index (κ1) is 37.1. The minimum Gasteiger partial charge on any atom is -0.481 e. The molecular weight excluding hydrogens is 642 g/mol. The van der Waals surface area contributed by atoms with Gasteiger partial charge in [0.15, 0.2) is 0 Å². The summed E-state index contributed by atoms with van der Waals surface area (Å²) in [6.45, 7) is 3.21. The Morgan fingerprint density at radius 2 is 1.36 bits per heavy atom. The minimum atomic E-state index is -1.57. The number of benzene rings is 3. The number of alkyl carbamates (subject to hydrolysis) is 1. The molecule has 0 bridgehead atoms. The van der Waals surface area contributed by atoms with E-state index in [1.165, 1.54) is 0 Å². The molecule has 264 valence electrons. The smallest absolute Gasteiger partial charge is 0.407 e. The predicted molar refractivity (Wildman–Crippen MR) is 185 cm³/mol. The lowest BCUT2D eigenvalue weighted by molar-refractivity contribution is -0.140. The topological polar surface area (TPSA) is 206 Å². The van der Waals surface area contributed by atoms with Gasteiger partial charge in [-0.05, 0) is 46.6 Å². The van der Waals surface area contributed by atoms with E-state index < -0.39 is 66.8 Å². The van der Waals surface area contributed by atoms with Crippen molar-refractivity contribution < 1.29 is 38.6 Å². The molecule has 0 saturated carbocycles. The molecule has 1 aliphatic carbocycles. The van der Waals surface area contributed by atoms with Crippen molar-refractivity contribution in [2.24, 2.45) is 11.7 Å². The molecule has 4 rings (SSSR count). The molecular formula is C37H43N5O8. The number of fused-ring (bicyclic) bond motifs is 3. The number of carboxylic acids is 1. The summed E-state index contributed by atoms with van der Waals surface area (Å²) in [5.74, 6) is -4.36. The first-order valence-electron chi connectivity index (χ1n) is 16.5. The highest BCUT2D eigenvalue weighted by molar-refractivity contribution is 5.95. The molecule has 3 atom stereocenters. The Morgan fingerprint density at radius 3 is 1.94 bits per heavy atom. The molecule has 3 aromatic rings. The molecule has 0 radical (unpaired) electrons. The van der Waals surface area contributed by atoms with Gasteiger partial charge in [-0.3, -0.25) is 24.0 Å². The number of aliphatic carboxylic acids is 1. The number of hydrogen-bond donors (Lipinski definition) is 6. The second-order valence-corrected chi connectivity index (χ2v) is 12.6. The van der Waals surface area contributed by atoms with Crippen LogP contribution in [0.2, 0.25) is 0 Å². The molecule has 0 aliphatic heterocycles. The van der Waals surface area contributed by atoms with E-state index >= 15 is 0 Å². The monoisotopic (exact) mass is 685 g/mol. The molecule has 0 saturated heterocycles. The maximum Gasteiger partial charge on any atom is 0.407 e. The maximum atomic E-state index is 13.4. The van der Waals surface area contributed by atoms with Crippen LogP contribution in [0.5, 0.6) is 0 Å². The van der Waals surface area contributed by atoms with Gasteiger partial charge in [0, 0.05) is 12.3 Å². The highest BCUT2D eigenvalue weighted by Gasteiger charge is 2.31. The fourth-order valence-electron chi connectivity index (χ4n) is 5.99. The normalized spacial score (nSPS) is 13.6. The Balaban J connectivity index is 1.38. The third kappa shape index (κ3) is 10.4. The van der Waals surface area contributed by atoms with Crippen molar-refractivity contribution in [3.05, 3.63) is 95.6 Å². The number of ether oxygens (including phenoxy) is 1. The molecule has 50 heavy (non-hydrogen) atoms. The number of carbonyl (C=O) groups is 6. The number of carboxylic acid groups (broad SMARTS) is 1. The third-order valence-corrected chi connectivity index (χ3v) is 8.31. The Kier molecular flexibility index (Phi) is 13.1. The predicted octanol–water partition coefficient (Wildman–Crippen LogP) is 2.62. The average Bonchev–Trinajstić information content (AvgIpc) is 3.39. The van der Waals surface area contributed by atoms with E-state index in [1.807, 2.05) is 62.4 Å². The van der Waals surface area contributed by atoms with Crippen molar-refractivity contribution in [1.29, 1.82) is 0 Å². The van der Waals surface area contributed by atoms with Gasteiger partial charge in [-0.1, -0.05) is 92.7 Å². The van der Waals surface area contributed by atoms with E-state index in [0.29, 0.717) is 18.4 Å². The zero-order valence-corrected chi connectivity index (χ0v) is 28.0. The van der Waals surface area contributed by atoms with Crippen LogP contribution in [0.3, 0.4) is 0 Å². The molecule has 0 aromatic heterocycles. The first-order valence-corrected chi connectivity index (χ1v) is 16.5. The highest BCUT2D eigenvalue weighted by Crippen LogP contribution is 2.45. The summed E-state index contributed by atoms with van der Waals surface area (Å²) in [4.78, 5) is 75.5. The molecule has 5 amide bonds. The van der Waals surface area contributed by atoms with Crippen LogP contribution in [0.25, 0.3) is 11.1 Å². The van der Waals surface area contributed by atoms with Crippen molar-refractivity contribution in [3.63, 3.8) is 0 Å². The zero-order valence-electron chi connectivity index (χ0n) is 28.0. The fraction of sp³-hybridized carbons (Fsp3) is 0.351. The van der Waals surface area contributed by atoms with Crippen LogP contribution in [0.15, 0.2) is 78.9 Å². The Bertz CT molecular complexity index is 1650. The second-order valence-electron chi connectivity index (χ2n) is 12.6. The van der Waals surface area contributed by atoms with Gasteiger partial charge in [0.05, 0.1) is 19.6 Å². The molecule has 0 heterocycles. The third-order valence-electron chi connectivity index (χ3n) is 8.31. The van der Waals surface area contributed by atoms with E-state index in [-0.39, 0.29) is 24.9 Å². The molecule has 13 heteroatoms. The molecule has 1 aliphatic rings. The maximum absolute atomic E-state index is 13.4. The number of nitrogens with one attached hydrogen (secondary N) is 4. The van der Waals surface area contributed by atoms with Gasteiger partial charge in [-0.25, -0.2) is 4.79 Å². The summed E-state index contributed by atoms with van der Waals surface area (Å²) in [6, 6.07) is 21.0. The van der Waals surface area contributed by atoms with E-state index in [0.717, 1.165) is 22.3 Å². The Morgan fingerprint density at radius 1 is 0.760 bits per heavy atom. The van der Waals surface area contributed by atoms with Crippen LogP contribution in [-0.4, -0.2) is 72.1 Å². The summed E-state index contributed by atoms with van der Waals surface area (Å²) in [5.41, 5.74) is 10.5. The Hall–Kier alpha value is -5.72. The van der Waals surface area contributed by atoms with E-state index in [4.69, 9.17) is 10.5 Å².